The van der Waals surface area contributed by atoms with Crippen LogP contribution in [0.25, 0.3) is 0 Å². The second kappa shape index (κ2) is 6.39. The zero-order chi connectivity index (χ0) is 14.5. The number of nitrogen functional groups attached to an aromatic ring is 1. The molecule has 0 amide bonds. The summed E-state index contributed by atoms with van der Waals surface area (Å²) < 4.78 is 16.8. The smallest absolute Gasteiger partial charge is 0.165 e. The molecule has 0 radical (unpaired) electrons. The van der Waals surface area contributed by atoms with Crippen molar-refractivity contribution < 1.29 is 14.2 Å². The Morgan fingerprint density at radius 3 is 2.48 bits per heavy atom. The molecule has 2 N–H and O–H groups in total. The monoisotopic (exact) mass is 285 g/mol. The van der Waals surface area contributed by atoms with Crippen molar-refractivity contribution in [3.63, 3.8) is 0 Å². The molecule has 110 valence electrons. The highest BCUT2D eigenvalue weighted by Gasteiger charge is 2.15. The van der Waals surface area contributed by atoms with Crippen molar-refractivity contribution in [3.8, 4) is 17.2 Å². The van der Waals surface area contributed by atoms with Gasteiger partial charge in [0.25, 0.3) is 0 Å². The molecule has 0 bridgehead atoms. The minimum absolute atomic E-state index is 0.559. The van der Waals surface area contributed by atoms with Crippen molar-refractivity contribution in [1.82, 2.24) is 0 Å². The molecule has 1 aliphatic heterocycles. The summed E-state index contributed by atoms with van der Waals surface area (Å²) in [6.07, 6.45) is 1.93. The number of fused-ring (bicyclic) bond motifs is 1. The van der Waals surface area contributed by atoms with Crippen molar-refractivity contribution in [2.45, 2.75) is 12.8 Å². The van der Waals surface area contributed by atoms with Gasteiger partial charge in [-0.05, 0) is 18.4 Å². The van der Waals surface area contributed by atoms with E-state index in [1.807, 2.05) is 12.1 Å². The Bertz CT molecular complexity index is 598. The molecular formula is C17H19NO3. The summed E-state index contributed by atoms with van der Waals surface area (Å²) in [7, 11) is 0. The molecule has 0 atom stereocenters. The molecule has 4 nitrogen and oxygen atoms in total. The van der Waals surface area contributed by atoms with Gasteiger partial charge in [-0.2, -0.15) is 0 Å². The van der Waals surface area contributed by atoms with Gasteiger partial charge in [-0.25, -0.2) is 0 Å². The highest BCUT2D eigenvalue weighted by atomic mass is 16.6. The van der Waals surface area contributed by atoms with Crippen LogP contribution < -0.4 is 19.9 Å². The third-order valence-electron chi connectivity index (χ3n) is 3.38. The molecule has 0 aliphatic carbocycles. The average molecular weight is 285 g/mol. The van der Waals surface area contributed by atoms with Gasteiger partial charge in [-0.1, -0.05) is 30.3 Å². The van der Waals surface area contributed by atoms with Crippen LogP contribution in [0.4, 0.5) is 5.69 Å². The average Bonchev–Trinajstić information content (AvgIpc) is 2.53. The van der Waals surface area contributed by atoms with Crippen LogP contribution in [0.2, 0.25) is 0 Å². The molecular weight excluding hydrogens is 266 g/mol. The third-order valence-corrected chi connectivity index (χ3v) is 3.38. The normalized spacial score (nSPS) is 13.0. The highest BCUT2D eigenvalue weighted by Crippen LogP contribution is 2.38. The fourth-order valence-electron chi connectivity index (χ4n) is 2.31. The van der Waals surface area contributed by atoms with Crippen LogP contribution in [0.1, 0.15) is 12.0 Å². The van der Waals surface area contributed by atoms with E-state index < -0.39 is 0 Å². The van der Waals surface area contributed by atoms with Gasteiger partial charge in [0.15, 0.2) is 11.5 Å². The van der Waals surface area contributed by atoms with Gasteiger partial charge in [-0.15, -0.1) is 0 Å². The van der Waals surface area contributed by atoms with Crippen molar-refractivity contribution in [2.75, 3.05) is 25.6 Å². The maximum absolute atomic E-state index is 5.98. The lowest BCUT2D eigenvalue weighted by Gasteiger charge is -2.20. The van der Waals surface area contributed by atoms with Gasteiger partial charge in [0.1, 0.15) is 19.0 Å². The fourth-order valence-corrected chi connectivity index (χ4v) is 2.31. The standard InChI is InChI=1S/C17H19NO3/c18-14-11-16-17(21-10-9-20-16)12-15(14)19-8-4-7-13-5-2-1-3-6-13/h1-3,5-6,11-12H,4,7-10,18H2. The molecule has 1 aliphatic rings. The maximum Gasteiger partial charge on any atom is 0.165 e. The van der Waals surface area contributed by atoms with E-state index in [1.54, 1.807) is 6.07 Å². The number of rotatable bonds is 5. The number of hydrogen-bond acceptors (Lipinski definition) is 4. The van der Waals surface area contributed by atoms with E-state index in [-0.39, 0.29) is 0 Å². The molecule has 0 saturated heterocycles. The van der Waals surface area contributed by atoms with Crippen LogP contribution in [-0.4, -0.2) is 19.8 Å². The van der Waals surface area contributed by atoms with Gasteiger partial charge in [0.05, 0.1) is 12.3 Å². The van der Waals surface area contributed by atoms with Crippen molar-refractivity contribution in [1.29, 1.82) is 0 Å². The van der Waals surface area contributed by atoms with Gasteiger partial charge in [0.2, 0.25) is 0 Å². The molecule has 0 fully saturated rings. The SMILES string of the molecule is Nc1cc2c(cc1OCCCc1ccccc1)OCCO2. The van der Waals surface area contributed by atoms with E-state index in [0.29, 0.717) is 42.8 Å². The van der Waals surface area contributed by atoms with Crippen molar-refractivity contribution >= 4 is 5.69 Å². The second-order valence-corrected chi connectivity index (χ2v) is 4.97. The molecule has 4 heteroatoms. The van der Waals surface area contributed by atoms with Crippen LogP contribution in [-0.2, 0) is 6.42 Å². The molecule has 0 aromatic heterocycles. The number of benzene rings is 2. The van der Waals surface area contributed by atoms with Crippen LogP contribution >= 0.6 is 0 Å². The van der Waals surface area contributed by atoms with E-state index in [0.717, 1.165) is 12.8 Å². The summed E-state index contributed by atoms with van der Waals surface area (Å²) in [5.74, 6) is 2.05. The van der Waals surface area contributed by atoms with Gasteiger partial charge < -0.3 is 19.9 Å². The number of nitrogens with two attached hydrogens (primary N) is 1. The van der Waals surface area contributed by atoms with Gasteiger partial charge in [0, 0.05) is 12.1 Å². The number of aryl methyl sites for hydroxylation is 1. The summed E-state index contributed by atoms with van der Waals surface area (Å²) in [5, 5.41) is 0. The van der Waals surface area contributed by atoms with Crippen molar-refractivity contribution in [3.05, 3.63) is 48.0 Å². The topological polar surface area (TPSA) is 53.7 Å². The zero-order valence-corrected chi connectivity index (χ0v) is 11.9. The minimum Gasteiger partial charge on any atom is -0.491 e. The summed E-state index contributed by atoms with van der Waals surface area (Å²) in [5.41, 5.74) is 7.88. The Labute approximate surface area is 124 Å². The van der Waals surface area contributed by atoms with Crippen LogP contribution in [0.15, 0.2) is 42.5 Å². The molecule has 0 saturated carbocycles. The maximum atomic E-state index is 5.98. The second-order valence-electron chi connectivity index (χ2n) is 4.97. The van der Waals surface area contributed by atoms with Crippen molar-refractivity contribution in [2.24, 2.45) is 0 Å². The van der Waals surface area contributed by atoms with Crippen LogP contribution in [0.5, 0.6) is 17.2 Å². The number of ether oxygens (including phenoxy) is 3. The van der Waals surface area contributed by atoms with Gasteiger partial charge in [-0.3, -0.25) is 0 Å². The van der Waals surface area contributed by atoms with E-state index >= 15 is 0 Å². The quantitative estimate of drug-likeness (QED) is 0.677. The lowest BCUT2D eigenvalue weighted by atomic mass is 10.1. The zero-order valence-electron chi connectivity index (χ0n) is 11.9. The third kappa shape index (κ3) is 3.40. The Kier molecular flexibility index (Phi) is 4.15. The highest BCUT2D eigenvalue weighted by molar-refractivity contribution is 5.62. The lowest BCUT2D eigenvalue weighted by molar-refractivity contribution is 0.170. The molecule has 2 aromatic rings. The molecule has 0 unspecified atom stereocenters. The lowest BCUT2D eigenvalue weighted by Crippen LogP contribution is -2.15. The summed E-state index contributed by atoms with van der Waals surface area (Å²) >= 11 is 0. The minimum atomic E-state index is 0.559. The first-order chi connectivity index (χ1) is 10.3. The summed E-state index contributed by atoms with van der Waals surface area (Å²) in [6.45, 7) is 1.74. The first kappa shape index (κ1) is 13.6. The summed E-state index contributed by atoms with van der Waals surface area (Å²) in [4.78, 5) is 0. The van der Waals surface area contributed by atoms with E-state index in [1.165, 1.54) is 5.56 Å². The summed E-state index contributed by atoms with van der Waals surface area (Å²) in [6, 6.07) is 13.9. The van der Waals surface area contributed by atoms with Crippen LogP contribution in [0, 0.1) is 0 Å². The molecule has 2 aromatic carbocycles. The Morgan fingerprint density at radius 1 is 1.00 bits per heavy atom. The number of hydrogen-bond donors (Lipinski definition) is 1. The van der Waals surface area contributed by atoms with E-state index in [9.17, 15) is 0 Å². The Hall–Kier alpha value is -2.36. The first-order valence-corrected chi connectivity index (χ1v) is 7.19. The predicted octanol–water partition coefficient (Wildman–Crippen LogP) is 3.05. The molecule has 21 heavy (non-hydrogen) atoms. The van der Waals surface area contributed by atoms with Gasteiger partial charge >= 0.3 is 0 Å². The Morgan fingerprint density at radius 2 is 1.71 bits per heavy atom. The largest absolute Gasteiger partial charge is 0.491 e. The van der Waals surface area contributed by atoms with E-state index in [2.05, 4.69) is 24.3 Å². The van der Waals surface area contributed by atoms with E-state index in [4.69, 9.17) is 19.9 Å². The van der Waals surface area contributed by atoms with Crippen LogP contribution in [0.3, 0.4) is 0 Å². The predicted molar refractivity (Wildman–Crippen MR) is 82.1 cm³/mol. The number of anilines is 1. The molecule has 3 rings (SSSR count). The molecule has 1 heterocycles. The Balaban J connectivity index is 1.55. The molecule has 0 spiro atoms. The first-order valence-electron chi connectivity index (χ1n) is 7.19. The fraction of sp³-hybridized carbons (Fsp3) is 0.294.